The number of amides is 1. The normalized spacial score (nSPS) is 10.5. The Balaban J connectivity index is 2.29. The standard InChI is InChI=1S/C14H14Cl2N4O/c1-8(2)19-10-6-4-3-5-9(10)14(21)20-11-12(15)17-7-18-13(11)16/h3-8,19H,1-2H3,(H,20,21). The van der Waals surface area contributed by atoms with Gasteiger partial charge in [0.2, 0.25) is 0 Å². The molecular weight excluding hydrogens is 311 g/mol. The number of halogens is 2. The van der Waals surface area contributed by atoms with Crippen molar-refractivity contribution >= 4 is 40.5 Å². The first-order valence-electron chi connectivity index (χ1n) is 6.32. The molecule has 2 aromatic rings. The second-order valence-corrected chi connectivity index (χ2v) is 5.35. The zero-order chi connectivity index (χ0) is 15.4. The molecule has 5 nitrogen and oxygen atoms in total. The average molecular weight is 325 g/mol. The van der Waals surface area contributed by atoms with E-state index in [1.54, 1.807) is 12.1 Å². The van der Waals surface area contributed by atoms with Crippen LogP contribution in [0.15, 0.2) is 30.6 Å². The first kappa shape index (κ1) is 15.5. The minimum atomic E-state index is -0.336. The molecule has 0 atom stereocenters. The van der Waals surface area contributed by atoms with Gasteiger partial charge in [-0.05, 0) is 26.0 Å². The van der Waals surface area contributed by atoms with Crippen LogP contribution >= 0.6 is 23.2 Å². The molecule has 110 valence electrons. The quantitative estimate of drug-likeness (QED) is 0.838. The number of anilines is 2. The second-order valence-electron chi connectivity index (χ2n) is 4.63. The van der Waals surface area contributed by atoms with E-state index in [0.29, 0.717) is 5.56 Å². The number of carbonyl (C=O) groups excluding carboxylic acids is 1. The van der Waals surface area contributed by atoms with E-state index in [0.717, 1.165) is 5.69 Å². The van der Waals surface area contributed by atoms with Gasteiger partial charge in [0.25, 0.3) is 5.91 Å². The highest BCUT2D eigenvalue weighted by Gasteiger charge is 2.16. The van der Waals surface area contributed by atoms with Gasteiger partial charge in [-0.2, -0.15) is 0 Å². The third-order valence-corrected chi connectivity index (χ3v) is 3.18. The van der Waals surface area contributed by atoms with Crippen molar-refractivity contribution in [1.29, 1.82) is 0 Å². The van der Waals surface area contributed by atoms with E-state index in [1.807, 2.05) is 26.0 Å². The fraction of sp³-hybridized carbons (Fsp3) is 0.214. The van der Waals surface area contributed by atoms with Crippen molar-refractivity contribution < 1.29 is 4.79 Å². The number of hydrogen-bond donors (Lipinski definition) is 2. The fourth-order valence-corrected chi connectivity index (χ4v) is 2.16. The van der Waals surface area contributed by atoms with E-state index >= 15 is 0 Å². The van der Waals surface area contributed by atoms with E-state index < -0.39 is 0 Å². The zero-order valence-electron chi connectivity index (χ0n) is 11.5. The molecule has 0 unspecified atom stereocenters. The van der Waals surface area contributed by atoms with Crippen LogP contribution in [-0.2, 0) is 0 Å². The van der Waals surface area contributed by atoms with Crippen molar-refractivity contribution in [3.8, 4) is 0 Å². The van der Waals surface area contributed by atoms with Crippen molar-refractivity contribution in [2.75, 3.05) is 10.6 Å². The molecule has 0 bridgehead atoms. The molecule has 0 aliphatic carbocycles. The van der Waals surface area contributed by atoms with Gasteiger partial charge in [-0.3, -0.25) is 4.79 Å². The molecule has 0 fully saturated rings. The van der Waals surface area contributed by atoms with Crippen LogP contribution in [0.2, 0.25) is 10.3 Å². The molecule has 21 heavy (non-hydrogen) atoms. The van der Waals surface area contributed by atoms with Gasteiger partial charge in [0.15, 0.2) is 10.3 Å². The maximum absolute atomic E-state index is 12.4. The van der Waals surface area contributed by atoms with Gasteiger partial charge in [0, 0.05) is 11.7 Å². The summed E-state index contributed by atoms with van der Waals surface area (Å²) in [6.45, 7) is 3.99. The van der Waals surface area contributed by atoms with E-state index in [-0.39, 0.29) is 27.9 Å². The fourth-order valence-electron chi connectivity index (χ4n) is 1.75. The summed E-state index contributed by atoms with van der Waals surface area (Å²) in [5, 5.41) is 6.04. The predicted octanol–water partition coefficient (Wildman–Crippen LogP) is 3.86. The third kappa shape index (κ3) is 3.83. The number of rotatable bonds is 4. The lowest BCUT2D eigenvalue weighted by molar-refractivity contribution is 0.102. The highest BCUT2D eigenvalue weighted by molar-refractivity contribution is 6.38. The van der Waals surface area contributed by atoms with Crippen LogP contribution in [0, 0.1) is 0 Å². The first-order valence-corrected chi connectivity index (χ1v) is 7.07. The first-order chi connectivity index (χ1) is 9.99. The maximum Gasteiger partial charge on any atom is 0.257 e. The van der Waals surface area contributed by atoms with Crippen LogP contribution in [0.1, 0.15) is 24.2 Å². The average Bonchev–Trinajstić information content (AvgIpc) is 2.43. The molecule has 2 N–H and O–H groups in total. The van der Waals surface area contributed by atoms with E-state index in [1.165, 1.54) is 6.33 Å². The van der Waals surface area contributed by atoms with E-state index in [2.05, 4.69) is 20.6 Å². The topological polar surface area (TPSA) is 66.9 Å². The highest BCUT2D eigenvalue weighted by atomic mass is 35.5. The Morgan fingerprint density at radius 1 is 1.14 bits per heavy atom. The molecule has 1 aromatic heterocycles. The Hall–Kier alpha value is -1.85. The molecule has 7 heteroatoms. The number of benzene rings is 1. The summed E-state index contributed by atoms with van der Waals surface area (Å²) in [6.07, 6.45) is 1.23. The van der Waals surface area contributed by atoms with Crippen molar-refractivity contribution in [2.24, 2.45) is 0 Å². The van der Waals surface area contributed by atoms with Gasteiger partial charge in [0.1, 0.15) is 12.0 Å². The van der Waals surface area contributed by atoms with Crippen LogP contribution in [-0.4, -0.2) is 21.9 Å². The zero-order valence-corrected chi connectivity index (χ0v) is 13.0. The van der Waals surface area contributed by atoms with Crippen molar-refractivity contribution in [1.82, 2.24) is 9.97 Å². The smallest absolute Gasteiger partial charge is 0.257 e. The lowest BCUT2D eigenvalue weighted by Gasteiger charge is -2.15. The van der Waals surface area contributed by atoms with Crippen LogP contribution in [0.4, 0.5) is 11.4 Å². The monoisotopic (exact) mass is 324 g/mol. The Morgan fingerprint density at radius 2 is 1.76 bits per heavy atom. The molecule has 1 aromatic carbocycles. The third-order valence-electron chi connectivity index (χ3n) is 2.61. The minimum absolute atomic E-state index is 0.0950. The van der Waals surface area contributed by atoms with Crippen molar-refractivity contribution in [3.05, 3.63) is 46.5 Å². The van der Waals surface area contributed by atoms with Crippen LogP contribution < -0.4 is 10.6 Å². The molecule has 0 saturated carbocycles. The number of carbonyl (C=O) groups is 1. The molecule has 0 aliphatic rings. The number of nitrogens with zero attached hydrogens (tertiary/aromatic N) is 2. The lowest BCUT2D eigenvalue weighted by atomic mass is 10.1. The Kier molecular flexibility index (Phi) is 4.98. The van der Waals surface area contributed by atoms with Gasteiger partial charge >= 0.3 is 0 Å². The van der Waals surface area contributed by atoms with Gasteiger partial charge in [-0.25, -0.2) is 9.97 Å². The predicted molar refractivity (Wildman–Crippen MR) is 85.2 cm³/mol. The van der Waals surface area contributed by atoms with Gasteiger partial charge in [0.05, 0.1) is 5.56 Å². The molecule has 0 saturated heterocycles. The Morgan fingerprint density at radius 3 is 2.38 bits per heavy atom. The summed E-state index contributed by atoms with van der Waals surface area (Å²) in [5.74, 6) is -0.336. The molecule has 2 rings (SSSR count). The summed E-state index contributed by atoms with van der Waals surface area (Å²) in [5.41, 5.74) is 1.42. The maximum atomic E-state index is 12.4. The van der Waals surface area contributed by atoms with Crippen LogP contribution in [0.5, 0.6) is 0 Å². The molecule has 1 heterocycles. The molecule has 0 spiro atoms. The van der Waals surface area contributed by atoms with Crippen LogP contribution in [0.3, 0.4) is 0 Å². The summed E-state index contributed by atoms with van der Waals surface area (Å²) in [6, 6.07) is 7.38. The number of aromatic nitrogens is 2. The molecule has 0 aliphatic heterocycles. The van der Waals surface area contributed by atoms with Gasteiger partial charge < -0.3 is 10.6 Å². The Bertz CT molecular complexity index is 641. The molecule has 1 amide bonds. The van der Waals surface area contributed by atoms with Crippen LogP contribution in [0.25, 0.3) is 0 Å². The van der Waals surface area contributed by atoms with E-state index in [9.17, 15) is 4.79 Å². The lowest BCUT2D eigenvalue weighted by Crippen LogP contribution is -2.18. The van der Waals surface area contributed by atoms with Gasteiger partial charge in [-0.15, -0.1) is 0 Å². The largest absolute Gasteiger partial charge is 0.382 e. The van der Waals surface area contributed by atoms with Gasteiger partial charge in [-0.1, -0.05) is 35.3 Å². The number of nitrogens with one attached hydrogen (secondary N) is 2. The van der Waals surface area contributed by atoms with Crippen molar-refractivity contribution in [3.63, 3.8) is 0 Å². The molecular formula is C14H14Cl2N4O. The molecule has 0 radical (unpaired) electrons. The summed E-state index contributed by atoms with van der Waals surface area (Å²) in [7, 11) is 0. The second kappa shape index (κ2) is 6.74. The summed E-state index contributed by atoms with van der Waals surface area (Å²) < 4.78 is 0. The minimum Gasteiger partial charge on any atom is -0.382 e. The van der Waals surface area contributed by atoms with Crippen molar-refractivity contribution in [2.45, 2.75) is 19.9 Å². The summed E-state index contributed by atoms with van der Waals surface area (Å²) >= 11 is 11.8. The SMILES string of the molecule is CC(C)Nc1ccccc1C(=O)Nc1c(Cl)ncnc1Cl. The highest BCUT2D eigenvalue weighted by Crippen LogP contribution is 2.27. The summed E-state index contributed by atoms with van der Waals surface area (Å²) in [4.78, 5) is 20.0. The Labute approximate surface area is 132 Å². The number of para-hydroxylation sites is 1. The number of hydrogen-bond acceptors (Lipinski definition) is 4. The van der Waals surface area contributed by atoms with E-state index in [4.69, 9.17) is 23.2 Å².